The molecule has 4 nitrogen and oxygen atoms in total. The molecule has 17 heavy (non-hydrogen) atoms. The fourth-order valence-electron chi connectivity index (χ4n) is 1.81. The first kappa shape index (κ1) is 11.9. The molecule has 4 heteroatoms. The van der Waals surface area contributed by atoms with Crippen LogP contribution in [0.1, 0.15) is 19.8 Å². The van der Waals surface area contributed by atoms with Crippen LogP contribution < -0.4 is 10.1 Å². The fraction of sp³-hybridized carbons (Fsp3) is 0.462. The van der Waals surface area contributed by atoms with E-state index in [2.05, 4.69) is 5.32 Å². The Kier molecular flexibility index (Phi) is 3.98. The molecule has 1 aliphatic rings. The van der Waals surface area contributed by atoms with E-state index in [1.54, 1.807) is 0 Å². The minimum Gasteiger partial charge on any atom is -0.494 e. The Bertz CT molecular complexity index is 369. The zero-order chi connectivity index (χ0) is 12.1. The van der Waals surface area contributed by atoms with E-state index >= 15 is 0 Å². The summed E-state index contributed by atoms with van der Waals surface area (Å²) in [5.41, 5.74) is 0.772. The van der Waals surface area contributed by atoms with Crippen LogP contribution >= 0.6 is 0 Å². The van der Waals surface area contributed by atoms with Gasteiger partial charge in [-0.25, -0.2) is 0 Å². The Labute approximate surface area is 101 Å². The second-order valence-electron chi connectivity index (χ2n) is 3.95. The van der Waals surface area contributed by atoms with Gasteiger partial charge in [-0.15, -0.1) is 0 Å². The molecular formula is C13H17NO3. The van der Waals surface area contributed by atoms with Crippen LogP contribution in [0.2, 0.25) is 0 Å². The zero-order valence-corrected chi connectivity index (χ0v) is 9.94. The van der Waals surface area contributed by atoms with Gasteiger partial charge in [-0.05, 0) is 44.0 Å². The number of amides is 1. The summed E-state index contributed by atoms with van der Waals surface area (Å²) >= 11 is 0. The predicted octanol–water partition coefficient (Wildman–Crippen LogP) is 2.20. The van der Waals surface area contributed by atoms with Crippen LogP contribution in [0.4, 0.5) is 5.69 Å². The Balaban J connectivity index is 1.91. The highest BCUT2D eigenvalue weighted by Gasteiger charge is 2.23. The number of anilines is 1. The average molecular weight is 235 g/mol. The molecule has 1 fully saturated rings. The van der Waals surface area contributed by atoms with E-state index < -0.39 is 0 Å². The summed E-state index contributed by atoms with van der Waals surface area (Å²) in [5.74, 6) is 0.745. The van der Waals surface area contributed by atoms with Crippen LogP contribution in [0.25, 0.3) is 0 Å². The van der Waals surface area contributed by atoms with Gasteiger partial charge in [0.05, 0.1) is 6.61 Å². The maximum Gasteiger partial charge on any atom is 0.253 e. The SMILES string of the molecule is CCOc1ccc(NC(=O)[C@H]2CCCO2)cc1. The molecule has 0 aliphatic carbocycles. The van der Waals surface area contributed by atoms with Crippen molar-refractivity contribution in [2.24, 2.45) is 0 Å². The molecule has 0 radical (unpaired) electrons. The van der Waals surface area contributed by atoms with E-state index in [4.69, 9.17) is 9.47 Å². The largest absolute Gasteiger partial charge is 0.494 e. The predicted molar refractivity (Wildman–Crippen MR) is 65.2 cm³/mol. The van der Waals surface area contributed by atoms with Crippen LogP contribution in [-0.2, 0) is 9.53 Å². The average Bonchev–Trinajstić information content (AvgIpc) is 2.86. The van der Waals surface area contributed by atoms with Gasteiger partial charge in [-0.3, -0.25) is 4.79 Å². The van der Waals surface area contributed by atoms with Crippen molar-refractivity contribution in [3.05, 3.63) is 24.3 Å². The summed E-state index contributed by atoms with van der Waals surface area (Å²) in [6, 6.07) is 7.35. The van der Waals surface area contributed by atoms with Crippen molar-refractivity contribution in [3.63, 3.8) is 0 Å². The van der Waals surface area contributed by atoms with Crippen molar-refractivity contribution in [3.8, 4) is 5.75 Å². The molecule has 1 N–H and O–H groups in total. The monoisotopic (exact) mass is 235 g/mol. The molecule has 0 saturated carbocycles. The standard InChI is InChI=1S/C13H17NO3/c1-2-16-11-7-5-10(6-8-11)14-13(15)12-4-3-9-17-12/h5-8,12H,2-4,9H2,1H3,(H,14,15)/t12-/m1/s1. The quantitative estimate of drug-likeness (QED) is 0.870. The molecule has 1 heterocycles. The van der Waals surface area contributed by atoms with E-state index in [1.165, 1.54) is 0 Å². The highest BCUT2D eigenvalue weighted by Crippen LogP contribution is 2.18. The van der Waals surface area contributed by atoms with Crippen LogP contribution in [0.5, 0.6) is 5.75 Å². The number of benzene rings is 1. The Morgan fingerprint density at radius 2 is 2.24 bits per heavy atom. The van der Waals surface area contributed by atoms with Gasteiger partial charge >= 0.3 is 0 Å². The normalized spacial score (nSPS) is 19.0. The first-order chi connectivity index (χ1) is 8.29. The Hall–Kier alpha value is -1.55. The van der Waals surface area contributed by atoms with Crippen LogP contribution in [0.15, 0.2) is 24.3 Å². The third kappa shape index (κ3) is 3.20. The van der Waals surface area contributed by atoms with Crippen molar-refractivity contribution in [2.45, 2.75) is 25.9 Å². The number of hydrogen-bond donors (Lipinski definition) is 1. The summed E-state index contributed by atoms with van der Waals surface area (Å²) in [6.45, 7) is 3.26. The molecule has 1 saturated heterocycles. The van der Waals surface area contributed by atoms with Crippen LogP contribution in [-0.4, -0.2) is 25.2 Å². The Morgan fingerprint density at radius 3 is 2.82 bits per heavy atom. The van der Waals surface area contributed by atoms with E-state index in [-0.39, 0.29) is 12.0 Å². The zero-order valence-electron chi connectivity index (χ0n) is 9.94. The van der Waals surface area contributed by atoms with Gasteiger partial charge in [0.2, 0.25) is 0 Å². The minimum absolute atomic E-state index is 0.0633. The van der Waals surface area contributed by atoms with Crippen molar-refractivity contribution in [2.75, 3.05) is 18.5 Å². The third-order valence-corrected chi connectivity index (χ3v) is 2.65. The highest BCUT2D eigenvalue weighted by atomic mass is 16.5. The number of nitrogens with one attached hydrogen (secondary N) is 1. The van der Waals surface area contributed by atoms with Gasteiger partial charge in [0, 0.05) is 12.3 Å². The van der Waals surface area contributed by atoms with Crippen molar-refractivity contribution in [1.29, 1.82) is 0 Å². The number of ether oxygens (including phenoxy) is 2. The van der Waals surface area contributed by atoms with Gasteiger partial charge in [0.1, 0.15) is 11.9 Å². The number of hydrogen-bond acceptors (Lipinski definition) is 3. The minimum atomic E-state index is -0.290. The molecule has 2 rings (SSSR count). The maximum absolute atomic E-state index is 11.8. The molecule has 0 bridgehead atoms. The van der Waals surface area contributed by atoms with Crippen LogP contribution in [0, 0.1) is 0 Å². The summed E-state index contributed by atoms with van der Waals surface area (Å²) in [7, 11) is 0. The second-order valence-corrected chi connectivity index (χ2v) is 3.95. The van der Waals surface area contributed by atoms with E-state index in [0.29, 0.717) is 13.2 Å². The summed E-state index contributed by atoms with van der Waals surface area (Å²) < 4.78 is 10.6. The molecular weight excluding hydrogens is 218 g/mol. The first-order valence-electron chi connectivity index (χ1n) is 5.95. The lowest BCUT2D eigenvalue weighted by molar-refractivity contribution is -0.124. The van der Waals surface area contributed by atoms with Gasteiger partial charge < -0.3 is 14.8 Å². The molecule has 0 spiro atoms. The fourth-order valence-corrected chi connectivity index (χ4v) is 1.81. The number of carbonyl (C=O) groups excluding carboxylic acids is 1. The smallest absolute Gasteiger partial charge is 0.253 e. The molecule has 92 valence electrons. The van der Waals surface area contributed by atoms with Gasteiger partial charge in [-0.2, -0.15) is 0 Å². The molecule has 1 atom stereocenters. The van der Waals surface area contributed by atoms with Crippen molar-refractivity contribution >= 4 is 11.6 Å². The van der Waals surface area contributed by atoms with E-state index in [0.717, 1.165) is 24.3 Å². The second kappa shape index (κ2) is 5.68. The lowest BCUT2D eigenvalue weighted by Gasteiger charge is -2.10. The lowest BCUT2D eigenvalue weighted by Crippen LogP contribution is -2.26. The maximum atomic E-state index is 11.8. The third-order valence-electron chi connectivity index (χ3n) is 2.65. The summed E-state index contributed by atoms with van der Waals surface area (Å²) in [4.78, 5) is 11.8. The highest BCUT2D eigenvalue weighted by molar-refractivity contribution is 5.94. The first-order valence-corrected chi connectivity index (χ1v) is 5.95. The Morgan fingerprint density at radius 1 is 1.47 bits per heavy atom. The van der Waals surface area contributed by atoms with Gasteiger partial charge in [-0.1, -0.05) is 0 Å². The van der Waals surface area contributed by atoms with Crippen LogP contribution in [0.3, 0.4) is 0 Å². The number of carbonyl (C=O) groups is 1. The molecule has 1 aliphatic heterocycles. The van der Waals surface area contributed by atoms with Gasteiger partial charge in [0.25, 0.3) is 5.91 Å². The van der Waals surface area contributed by atoms with E-state index in [1.807, 2.05) is 31.2 Å². The summed E-state index contributed by atoms with van der Waals surface area (Å²) in [5, 5.41) is 2.83. The topological polar surface area (TPSA) is 47.6 Å². The summed E-state index contributed by atoms with van der Waals surface area (Å²) in [6.07, 6.45) is 1.48. The molecule has 1 amide bonds. The van der Waals surface area contributed by atoms with E-state index in [9.17, 15) is 4.79 Å². The molecule has 0 aromatic heterocycles. The van der Waals surface area contributed by atoms with Gasteiger partial charge in [0.15, 0.2) is 0 Å². The van der Waals surface area contributed by atoms with Crippen molar-refractivity contribution < 1.29 is 14.3 Å². The number of rotatable bonds is 4. The van der Waals surface area contributed by atoms with Crippen molar-refractivity contribution in [1.82, 2.24) is 0 Å². The molecule has 0 unspecified atom stereocenters. The lowest BCUT2D eigenvalue weighted by atomic mass is 10.2. The molecule has 1 aromatic carbocycles. The molecule has 1 aromatic rings.